The first-order valence-corrected chi connectivity index (χ1v) is 8.03. The third-order valence-electron chi connectivity index (χ3n) is 3.71. The molecule has 3 rings (SSSR count). The van der Waals surface area contributed by atoms with Crippen LogP contribution in [-0.2, 0) is 0 Å². The van der Waals surface area contributed by atoms with Crippen LogP contribution in [-0.4, -0.2) is 27.2 Å². The highest BCUT2D eigenvalue weighted by Gasteiger charge is 2.21. The normalized spacial score (nSPS) is 10.6. The maximum Gasteiger partial charge on any atom is 0.278 e. The molecule has 0 spiro atoms. The van der Waals surface area contributed by atoms with Gasteiger partial charge in [-0.25, -0.2) is 4.68 Å². The van der Waals surface area contributed by atoms with Gasteiger partial charge in [-0.15, -0.1) is 0 Å². The van der Waals surface area contributed by atoms with Crippen LogP contribution in [0.1, 0.15) is 23.1 Å². The van der Waals surface area contributed by atoms with Crippen LogP contribution < -0.4 is 4.90 Å². The summed E-state index contributed by atoms with van der Waals surface area (Å²) in [5, 5.41) is 5.04. The molecule has 0 atom stereocenters. The summed E-state index contributed by atoms with van der Waals surface area (Å²) in [6.07, 6.45) is 3.34. The van der Waals surface area contributed by atoms with Crippen molar-refractivity contribution in [3.05, 3.63) is 71.3 Å². The number of benzene rings is 1. The van der Waals surface area contributed by atoms with E-state index >= 15 is 0 Å². The molecule has 1 amide bonds. The van der Waals surface area contributed by atoms with Gasteiger partial charge in [-0.05, 0) is 44.2 Å². The van der Waals surface area contributed by atoms with Gasteiger partial charge in [-0.3, -0.25) is 9.78 Å². The number of aromatic nitrogens is 3. The van der Waals surface area contributed by atoms with Gasteiger partial charge >= 0.3 is 0 Å². The summed E-state index contributed by atoms with van der Waals surface area (Å²) in [6, 6.07) is 12.8. The van der Waals surface area contributed by atoms with Crippen LogP contribution in [0.25, 0.3) is 5.69 Å². The number of rotatable bonds is 4. The van der Waals surface area contributed by atoms with E-state index in [0.717, 1.165) is 17.1 Å². The predicted molar refractivity (Wildman–Crippen MR) is 94.9 cm³/mol. The van der Waals surface area contributed by atoms with E-state index in [-0.39, 0.29) is 5.91 Å². The van der Waals surface area contributed by atoms with Crippen molar-refractivity contribution in [2.75, 3.05) is 11.4 Å². The number of halogens is 1. The number of carbonyl (C=O) groups is 1. The lowest BCUT2D eigenvalue weighted by Gasteiger charge is -2.19. The van der Waals surface area contributed by atoms with Crippen molar-refractivity contribution in [2.45, 2.75) is 13.8 Å². The Morgan fingerprint density at radius 2 is 2.04 bits per heavy atom. The number of anilines is 1. The zero-order valence-electron chi connectivity index (χ0n) is 13.5. The smallest absolute Gasteiger partial charge is 0.278 e. The second-order valence-corrected chi connectivity index (χ2v) is 5.70. The molecular weight excluding hydrogens is 324 g/mol. The standard InChI is InChI=1S/C18H17ClN4O/c1-3-22(14-7-6-10-20-12-14)18(24)16-11-13(2)23(21-16)17-9-5-4-8-15(17)19/h4-12H,3H2,1-2H3. The minimum Gasteiger partial charge on any atom is -0.306 e. The Morgan fingerprint density at radius 3 is 2.71 bits per heavy atom. The predicted octanol–water partition coefficient (Wildman–Crippen LogP) is 3.90. The molecule has 0 unspecified atom stereocenters. The number of pyridine rings is 1. The van der Waals surface area contributed by atoms with Gasteiger partial charge < -0.3 is 4.90 Å². The minimum absolute atomic E-state index is 0.167. The number of carbonyl (C=O) groups excluding carboxylic acids is 1. The molecular formula is C18H17ClN4O. The number of para-hydroxylation sites is 1. The van der Waals surface area contributed by atoms with E-state index in [1.807, 2.05) is 38.1 Å². The average molecular weight is 341 g/mol. The first-order chi connectivity index (χ1) is 11.6. The molecule has 0 aliphatic rings. The third-order valence-corrected chi connectivity index (χ3v) is 4.03. The quantitative estimate of drug-likeness (QED) is 0.723. The molecule has 122 valence electrons. The SMILES string of the molecule is CCN(C(=O)c1cc(C)n(-c2ccccc2Cl)n1)c1cccnc1. The number of amides is 1. The largest absolute Gasteiger partial charge is 0.306 e. The van der Waals surface area contributed by atoms with E-state index < -0.39 is 0 Å². The molecule has 0 bridgehead atoms. The average Bonchev–Trinajstić information content (AvgIpc) is 2.98. The highest BCUT2D eigenvalue weighted by atomic mass is 35.5. The molecule has 0 saturated heterocycles. The molecule has 0 saturated carbocycles. The van der Waals surface area contributed by atoms with Crippen molar-refractivity contribution in [1.29, 1.82) is 0 Å². The van der Waals surface area contributed by atoms with Gasteiger partial charge in [0.2, 0.25) is 0 Å². The Hall–Kier alpha value is -2.66. The fourth-order valence-electron chi connectivity index (χ4n) is 2.54. The maximum absolute atomic E-state index is 12.8. The Kier molecular flexibility index (Phi) is 4.62. The van der Waals surface area contributed by atoms with Crippen molar-refractivity contribution in [2.24, 2.45) is 0 Å². The first-order valence-electron chi connectivity index (χ1n) is 7.65. The second-order valence-electron chi connectivity index (χ2n) is 5.29. The lowest BCUT2D eigenvalue weighted by molar-refractivity contribution is 0.0983. The van der Waals surface area contributed by atoms with Crippen LogP contribution in [0.4, 0.5) is 5.69 Å². The van der Waals surface area contributed by atoms with Crippen LogP contribution in [0.2, 0.25) is 5.02 Å². The molecule has 0 radical (unpaired) electrons. The summed E-state index contributed by atoms with van der Waals surface area (Å²) in [7, 11) is 0. The van der Waals surface area contributed by atoms with Crippen molar-refractivity contribution in [3.63, 3.8) is 0 Å². The number of aryl methyl sites for hydroxylation is 1. The number of hydrogen-bond acceptors (Lipinski definition) is 3. The molecule has 5 nitrogen and oxygen atoms in total. The van der Waals surface area contributed by atoms with E-state index in [9.17, 15) is 4.79 Å². The van der Waals surface area contributed by atoms with E-state index in [4.69, 9.17) is 11.6 Å². The van der Waals surface area contributed by atoms with Crippen molar-refractivity contribution >= 4 is 23.2 Å². The first kappa shape index (κ1) is 16.2. The maximum atomic E-state index is 12.8. The second kappa shape index (κ2) is 6.84. The molecule has 2 heterocycles. The summed E-state index contributed by atoms with van der Waals surface area (Å²) in [5.74, 6) is -0.167. The van der Waals surface area contributed by atoms with Crippen LogP contribution in [0, 0.1) is 6.92 Å². The van der Waals surface area contributed by atoms with E-state index in [2.05, 4.69) is 10.1 Å². The Bertz CT molecular complexity index is 860. The van der Waals surface area contributed by atoms with E-state index in [1.165, 1.54) is 0 Å². The van der Waals surface area contributed by atoms with Gasteiger partial charge in [-0.2, -0.15) is 5.10 Å². The van der Waals surface area contributed by atoms with Gasteiger partial charge in [0.05, 0.1) is 22.6 Å². The molecule has 1 aromatic carbocycles. The highest BCUT2D eigenvalue weighted by molar-refractivity contribution is 6.32. The van der Waals surface area contributed by atoms with Gasteiger partial charge in [0.25, 0.3) is 5.91 Å². The van der Waals surface area contributed by atoms with E-state index in [1.54, 1.807) is 40.2 Å². The molecule has 0 aliphatic heterocycles. The zero-order valence-corrected chi connectivity index (χ0v) is 14.2. The minimum atomic E-state index is -0.167. The summed E-state index contributed by atoms with van der Waals surface area (Å²) in [5.41, 5.74) is 2.71. The van der Waals surface area contributed by atoms with Crippen LogP contribution in [0.15, 0.2) is 54.9 Å². The Morgan fingerprint density at radius 1 is 1.25 bits per heavy atom. The zero-order chi connectivity index (χ0) is 17.1. The van der Waals surface area contributed by atoms with Gasteiger partial charge in [0.1, 0.15) is 0 Å². The molecule has 0 fully saturated rings. The summed E-state index contributed by atoms with van der Waals surface area (Å²) < 4.78 is 1.69. The van der Waals surface area contributed by atoms with Crippen molar-refractivity contribution < 1.29 is 4.79 Å². The Labute approximate surface area is 145 Å². The molecule has 0 aliphatic carbocycles. The van der Waals surface area contributed by atoms with Gasteiger partial charge in [0.15, 0.2) is 5.69 Å². The van der Waals surface area contributed by atoms with E-state index in [0.29, 0.717) is 17.3 Å². The molecule has 6 heteroatoms. The summed E-state index contributed by atoms with van der Waals surface area (Å²) in [4.78, 5) is 18.6. The molecule has 24 heavy (non-hydrogen) atoms. The summed E-state index contributed by atoms with van der Waals surface area (Å²) in [6.45, 7) is 4.35. The van der Waals surface area contributed by atoms with Crippen LogP contribution >= 0.6 is 11.6 Å². The fourth-order valence-corrected chi connectivity index (χ4v) is 2.76. The monoisotopic (exact) mass is 340 g/mol. The Balaban J connectivity index is 1.97. The number of hydrogen-bond donors (Lipinski definition) is 0. The number of nitrogens with zero attached hydrogens (tertiary/aromatic N) is 4. The highest BCUT2D eigenvalue weighted by Crippen LogP contribution is 2.22. The lowest BCUT2D eigenvalue weighted by atomic mass is 10.3. The van der Waals surface area contributed by atoms with Crippen molar-refractivity contribution in [3.8, 4) is 5.69 Å². The topological polar surface area (TPSA) is 51.0 Å². The van der Waals surface area contributed by atoms with Crippen LogP contribution in [0.5, 0.6) is 0 Å². The molecule has 3 aromatic rings. The fraction of sp³-hybridized carbons (Fsp3) is 0.167. The molecule has 0 N–H and O–H groups in total. The summed E-state index contributed by atoms with van der Waals surface area (Å²) >= 11 is 6.24. The van der Waals surface area contributed by atoms with Crippen molar-refractivity contribution in [1.82, 2.24) is 14.8 Å². The molecule has 2 aromatic heterocycles. The van der Waals surface area contributed by atoms with Crippen LogP contribution in [0.3, 0.4) is 0 Å². The van der Waals surface area contributed by atoms with Gasteiger partial charge in [0, 0.05) is 18.4 Å². The lowest BCUT2D eigenvalue weighted by Crippen LogP contribution is -2.31. The third kappa shape index (κ3) is 3.03. The van der Waals surface area contributed by atoms with Gasteiger partial charge in [-0.1, -0.05) is 23.7 Å².